The lowest BCUT2D eigenvalue weighted by Gasteiger charge is -2.36. The van der Waals surface area contributed by atoms with Crippen molar-refractivity contribution in [1.82, 2.24) is 14.8 Å². The molecule has 2 aliphatic heterocycles. The van der Waals surface area contributed by atoms with Crippen molar-refractivity contribution in [3.63, 3.8) is 0 Å². The lowest BCUT2D eigenvalue weighted by molar-refractivity contribution is -0.127. The van der Waals surface area contributed by atoms with Crippen molar-refractivity contribution in [3.8, 4) is 11.5 Å². The molecule has 38 heavy (non-hydrogen) atoms. The number of fused-ring (bicyclic) bond motifs is 1. The van der Waals surface area contributed by atoms with E-state index in [-0.39, 0.29) is 37.4 Å². The Hall–Kier alpha value is -3.82. The number of unbranched alkanes of at least 4 members (excludes halogenated alkanes) is 2. The van der Waals surface area contributed by atoms with Gasteiger partial charge in [-0.2, -0.15) is 0 Å². The summed E-state index contributed by atoms with van der Waals surface area (Å²) in [7, 11) is 4.97. The van der Waals surface area contributed by atoms with Gasteiger partial charge in [0.15, 0.2) is 17.3 Å². The molecule has 0 aliphatic carbocycles. The van der Waals surface area contributed by atoms with Gasteiger partial charge in [0.2, 0.25) is 5.91 Å². The van der Waals surface area contributed by atoms with Crippen molar-refractivity contribution < 1.29 is 23.9 Å². The average molecular weight is 524 g/mol. The standard InChI is InChI=1S/C28H37N5O5/c1-5-6-7-15-38-24-16-21(9-10-23(24)37-4)33-14-8-13-31(28(33)36)17-20-11-12-29-27-26(20)22(34)18-32(27)19-25(35)30(2)3/h9-12,16H,5-8,13-15,17-19H2,1-4H3. The van der Waals surface area contributed by atoms with Gasteiger partial charge in [0.05, 0.1) is 32.4 Å². The predicted octanol–water partition coefficient (Wildman–Crippen LogP) is 3.58. The number of aromatic nitrogens is 1. The molecule has 2 aromatic rings. The molecule has 0 unspecified atom stereocenters. The van der Waals surface area contributed by atoms with Gasteiger partial charge in [-0.05, 0) is 36.6 Å². The summed E-state index contributed by atoms with van der Waals surface area (Å²) in [5, 5.41) is 0. The SMILES string of the molecule is CCCCCOc1cc(N2CCCN(Cc3ccnc4c3C(=O)CN4CC(=O)N(C)C)C2=O)ccc1OC. The van der Waals surface area contributed by atoms with E-state index in [0.717, 1.165) is 36.9 Å². The maximum atomic E-state index is 13.6. The van der Waals surface area contributed by atoms with E-state index in [4.69, 9.17) is 9.47 Å². The third kappa shape index (κ3) is 5.84. The van der Waals surface area contributed by atoms with Crippen LogP contribution in [0.3, 0.4) is 0 Å². The van der Waals surface area contributed by atoms with Crippen LogP contribution < -0.4 is 19.3 Å². The summed E-state index contributed by atoms with van der Waals surface area (Å²) < 4.78 is 11.4. The quantitative estimate of drug-likeness (QED) is 0.416. The molecule has 204 valence electrons. The summed E-state index contributed by atoms with van der Waals surface area (Å²) in [4.78, 5) is 49.9. The normalized spacial score (nSPS) is 15.1. The highest BCUT2D eigenvalue weighted by Gasteiger charge is 2.34. The Labute approximate surface area is 224 Å². The maximum Gasteiger partial charge on any atom is 0.324 e. The van der Waals surface area contributed by atoms with Gasteiger partial charge in [-0.15, -0.1) is 0 Å². The van der Waals surface area contributed by atoms with Crippen LogP contribution >= 0.6 is 0 Å². The topological polar surface area (TPSA) is 95.5 Å². The lowest BCUT2D eigenvalue weighted by atomic mass is 10.1. The number of urea groups is 1. The van der Waals surface area contributed by atoms with Gasteiger partial charge in [0, 0.05) is 51.7 Å². The number of pyridine rings is 1. The van der Waals surface area contributed by atoms with Gasteiger partial charge in [0.1, 0.15) is 5.82 Å². The second kappa shape index (κ2) is 12.1. The smallest absolute Gasteiger partial charge is 0.324 e. The van der Waals surface area contributed by atoms with Crippen LogP contribution in [0.15, 0.2) is 30.5 Å². The molecular weight excluding hydrogens is 486 g/mol. The first kappa shape index (κ1) is 27.2. The number of benzene rings is 1. The second-order valence-electron chi connectivity index (χ2n) is 9.84. The van der Waals surface area contributed by atoms with Crippen LogP contribution in [-0.4, -0.2) is 86.5 Å². The fourth-order valence-electron chi connectivity index (χ4n) is 4.78. The number of likely N-dealkylation sites (N-methyl/N-ethyl adjacent to an activating group) is 1. The van der Waals surface area contributed by atoms with Gasteiger partial charge in [-0.25, -0.2) is 9.78 Å². The number of anilines is 2. The van der Waals surface area contributed by atoms with Crippen molar-refractivity contribution in [1.29, 1.82) is 0 Å². The van der Waals surface area contributed by atoms with Crippen LogP contribution in [-0.2, 0) is 11.3 Å². The zero-order valence-corrected chi connectivity index (χ0v) is 22.7. The molecule has 3 amide bonds. The van der Waals surface area contributed by atoms with Crippen molar-refractivity contribution in [3.05, 3.63) is 41.6 Å². The zero-order chi connectivity index (χ0) is 27.2. The molecule has 1 aromatic heterocycles. The summed E-state index contributed by atoms with van der Waals surface area (Å²) in [6.07, 6.45) is 5.58. The predicted molar refractivity (Wildman–Crippen MR) is 145 cm³/mol. The van der Waals surface area contributed by atoms with Crippen molar-refractivity contribution in [2.24, 2.45) is 0 Å². The summed E-state index contributed by atoms with van der Waals surface area (Å²) >= 11 is 0. The maximum absolute atomic E-state index is 13.6. The average Bonchev–Trinajstić information content (AvgIpc) is 3.23. The number of Topliss-reactive ketones (excluding diaryl/α,β-unsaturated/α-hetero) is 1. The number of nitrogens with zero attached hydrogens (tertiary/aromatic N) is 5. The highest BCUT2D eigenvalue weighted by atomic mass is 16.5. The first-order chi connectivity index (χ1) is 18.3. The van der Waals surface area contributed by atoms with Crippen LogP contribution in [0, 0.1) is 0 Å². The second-order valence-corrected chi connectivity index (χ2v) is 9.84. The van der Waals surface area contributed by atoms with Gasteiger partial charge < -0.3 is 24.2 Å². The van der Waals surface area contributed by atoms with Gasteiger partial charge in [0.25, 0.3) is 0 Å². The summed E-state index contributed by atoms with van der Waals surface area (Å²) in [6.45, 7) is 4.38. The summed E-state index contributed by atoms with van der Waals surface area (Å²) in [5.74, 6) is 1.57. The molecular formula is C28H37N5O5. The number of rotatable bonds is 11. The molecule has 10 heteroatoms. The minimum absolute atomic E-state index is 0.0823. The van der Waals surface area contributed by atoms with Crippen molar-refractivity contribution >= 4 is 29.2 Å². The third-order valence-electron chi connectivity index (χ3n) is 6.89. The van der Waals surface area contributed by atoms with Gasteiger partial charge in [-0.1, -0.05) is 19.8 Å². The fraction of sp³-hybridized carbons (Fsp3) is 0.500. The van der Waals surface area contributed by atoms with Crippen LogP contribution in [0.1, 0.15) is 48.5 Å². The molecule has 1 fully saturated rings. The van der Waals surface area contributed by atoms with Crippen molar-refractivity contribution in [2.75, 3.05) is 63.8 Å². The molecule has 0 spiro atoms. The first-order valence-electron chi connectivity index (χ1n) is 13.2. The molecule has 0 atom stereocenters. The Balaban J connectivity index is 1.51. The molecule has 0 saturated carbocycles. The Morgan fingerprint density at radius 3 is 2.63 bits per heavy atom. The number of carbonyl (C=O) groups is 3. The molecule has 2 aliphatic rings. The van der Waals surface area contributed by atoms with Gasteiger partial charge >= 0.3 is 6.03 Å². The fourth-order valence-corrected chi connectivity index (χ4v) is 4.78. The number of carbonyl (C=O) groups excluding carboxylic acids is 3. The van der Waals surface area contributed by atoms with Crippen LogP contribution in [0.2, 0.25) is 0 Å². The lowest BCUT2D eigenvalue weighted by Crippen LogP contribution is -2.49. The Morgan fingerprint density at radius 2 is 1.89 bits per heavy atom. The monoisotopic (exact) mass is 523 g/mol. The van der Waals surface area contributed by atoms with E-state index in [2.05, 4.69) is 11.9 Å². The first-order valence-corrected chi connectivity index (χ1v) is 13.2. The third-order valence-corrected chi connectivity index (χ3v) is 6.89. The number of ketones is 1. The van der Waals surface area contributed by atoms with E-state index in [1.807, 2.05) is 18.2 Å². The Morgan fingerprint density at radius 1 is 1.08 bits per heavy atom. The molecule has 4 rings (SSSR count). The molecule has 0 N–H and O–H groups in total. The van der Waals surface area contributed by atoms with Gasteiger partial charge in [-0.3, -0.25) is 14.5 Å². The summed E-state index contributed by atoms with van der Waals surface area (Å²) in [5.41, 5.74) is 1.98. The minimum Gasteiger partial charge on any atom is -0.493 e. The highest BCUT2D eigenvalue weighted by molar-refractivity contribution is 6.09. The largest absolute Gasteiger partial charge is 0.493 e. The van der Waals surface area contributed by atoms with Crippen molar-refractivity contribution in [2.45, 2.75) is 39.2 Å². The molecule has 1 aromatic carbocycles. The number of ether oxygens (including phenoxy) is 2. The zero-order valence-electron chi connectivity index (χ0n) is 22.7. The number of hydrogen-bond acceptors (Lipinski definition) is 7. The number of amides is 3. The number of methoxy groups -OCH3 is 1. The van der Waals surface area contributed by atoms with E-state index in [9.17, 15) is 14.4 Å². The van der Waals surface area contributed by atoms with E-state index in [0.29, 0.717) is 42.6 Å². The van der Waals surface area contributed by atoms with E-state index in [1.165, 1.54) is 4.90 Å². The Kier molecular flexibility index (Phi) is 8.70. The molecule has 0 radical (unpaired) electrons. The summed E-state index contributed by atoms with van der Waals surface area (Å²) in [6, 6.07) is 7.21. The van der Waals surface area contributed by atoms with Crippen LogP contribution in [0.5, 0.6) is 11.5 Å². The molecule has 3 heterocycles. The van der Waals surface area contributed by atoms with E-state index < -0.39 is 0 Å². The molecule has 10 nitrogen and oxygen atoms in total. The van der Waals surface area contributed by atoms with Crippen LogP contribution in [0.25, 0.3) is 0 Å². The van der Waals surface area contributed by atoms with E-state index >= 15 is 0 Å². The Bertz CT molecular complexity index is 1180. The van der Waals surface area contributed by atoms with E-state index in [1.54, 1.807) is 48.2 Å². The number of hydrogen-bond donors (Lipinski definition) is 0. The van der Waals surface area contributed by atoms with Crippen LogP contribution in [0.4, 0.5) is 16.3 Å². The molecule has 1 saturated heterocycles. The molecule has 0 bridgehead atoms. The minimum atomic E-state index is -0.131. The highest BCUT2D eigenvalue weighted by Crippen LogP contribution is 2.34.